The predicted octanol–water partition coefficient (Wildman–Crippen LogP) is 4.52. The molecule has 1 aliphatic rings. The minimum Gasteiger partial charge on any atom is -0.370 e. The van der Waals surface area contributed by atoms with Crippen molar-refractivity contribution in [3.05, 3.63) is 65.0 Å². The van der Waals surface area contributed by atoms with E-state index in [0.717, 1.165) is 24.1 Å². The van der Waals surface area contributed by atoms with Crippen molar-refractivity contribution in [2.45, 2.75) is 32.1 Å². The average molecular weight is 439 g/mol. The standard InChI is InChI=1S/C19H22FN3.HI/c1-13-3-8-17(11-14(13)2)23-18(21)22-12-19(9-10-19)15-4-6-16(20)7-5-15;/h3-8,11H,9-10,12H2,1-2H3,(H3,21,22,23);1H. The van der Waals surface area contributed by atoms with Gasteiger partial charge in [0.25, 0.3) is 0 Å². The van der Waals surface area contributed by atoms with Crippen LogP contribution in [0.15, 0.2) is 47.5 Å². The number of aliphatic imine (C=N–C) groups is 1. The van der Waals surface area contributed by atoms with Crippen molar-refractivity contribution in [3.63, 3.8) is 0 Å². The third-order valence-electron chi connectivity index (χ3n) is 4.64. The monoisotopic (exact) mass is 439 g/mol. The third kappa shape index (κ3) is 4.26. The second-order valence-electron chi connectivity index (χ2n) is 6.41. The number of hydrogen-bond acceptors (Lipinski definition) is 1. The van der Waals surface area contributed by atoms with Crippen molar-refractivity contribution < 1.29 is 4.39 Å². The topological polar surface area (TPSA) is 50.4 Å². The van der Waals surface area contributed by atoms with Gasteiger partial charge < -0.3 is 11.1 Å². The highest BCUT2D eigenvalue weighted by Gasteiger charge is 2.44. The molecule has 0 aromatic heterocycles. The molecule has 3 N–H and O–H groups in total. The van der Waals surface area contributed by atoms with E-state index in [9.17, 15) is 4.39 Å². The number of halogens is 2. The largest absolute Gasteiger partial charge is 0.370 e. The normalized spacial score (nSPS) is 15.5. The van der Waals surface area contributed by atoms with Gasteiger partial charge in [-0.2, -0.15) is 0 Å². The summed E-state index contributed by atoms with van der Waals surface area (Å²) in [5.41, 5.74) is 10.6. The summed E-state index contributed by atoms with van der Waals surface area (Å²) in [5.74, 6) is 0.214. The molecule has 1 fully saturated rings. The molecule has 1 aliphatic carbocycles. The summed E-state index contributed by atoms with van der Waals surface area (Å²) in [6, 6.07) is 12.8. The number of aryl methyl sites for hydroxylation is 2. The minimum absolute atomic E-state index is 0. The van der Waals surface area contributed by atoms with Crippen LogP contribution in [0, 0.1) is 19.7 Å². The Bertz CT molecular complexity index is 737. The Labute approximate surface area is 159 Å². The quantitative estimate of drug-likeness (QED) is 0.418. The second-order valence-corrected chi connectivity index (χ2v) is 6.41. The van der Waals surface area contributed by atoms with Crippen molar-refractivity contribution >= 4 is 35.6 Å². The summed E-state index contributed by atoms with van der Waals surface area (Å²) in [6.45, 7) is 4.78. The molecule has 0 spiro atoms. The van der Waals surface area contributed by atoms with Crippen molar-refractivity contribution in [1.29, 1.82) is 0 Å². The maximum atomic E-state index is 13.1. The number of hydrogen-bond donors (Lipinski definition) is 2. The van der Waals surface area contributed by atoms with Gasteiger partial charge in [-0.25, -0.2) is 4.39 Å². The van der Waals surface area contributed by atoms with Gasteiger partial charge >= 0.3 is 0 Å². The first-order valence-corrected chi connectivity index (χ1v) is 7.89. The molecular weight excluding hydrogens is 416 g/mol. The molecule has 0 bridgehead atoms. The van der Waals surface area contributed by atoms with Crippen molar-refractivity contribution in [2.75, 3.05) is 11.9 Å². The van der Waals surface area contributed by atoms with Crippen LogP contribution in [0.1, 0.15) is 29.5 Å². The number of nitrogens with two attached hydrogens (primary N) is 1. The van der Waals surface area contributed by atoms with Crippen molar-refractivity contribution in [2.24, 2.45) is 10.7 Å². The van der Waals surface area contributed by atoms with E-state index in [1.807, 2.05) is 18.2 Å². The van der Waals surface area contributed by atoms with Crippen molar-refractivity contribution in [3.8, 4) is 0 Å². The highest BCUT2D eigenvalue weighted by Crippen LogP contribution is 2.48. The Balaban J connectivity index is 0.00000208. The van der Waals surface area contributed by atoms with Gasteiger partial charge in [0, 0.05) is 11.1 Å². The zero-order valence-corrected chi connectivity index (χ0v) is 16.3. The van der Waals surface area contributed by atoms with E-state index in [-0.39, 0.29) is 35.2 Å². The molecular formula is C19H23FIN3. The van der Waals surface area contributed by atoms with E-state index in [1.165, 1.54) is 23.3 Å². The summed E-state index contributed by atoms with van der Waals surface area (Å²) >= 11 is 0. The molecule has 0 amide bonds. The van der Waals surface area contributed by atoms with Crippen LogP contribution in [0.3, 0.4) is 0 Å². The van der Waals surface area contributed by atoms with Crippen LogP contribution in [0.4, 0.5) is 10.1 Å². The van der Waals surface area contributed by atoms with Gasteiger partial charge in [0.1, 0.15) is 5.82 Å². The molecule has 0 saturated heterocycles. The number of benzene rings is 2. The lowest BCUT2D eigenvalue weighted by molar-refractivity contribution is 0.623. The van der Waals surface area contributed by atoms with Crippen molar-refractivity contribution in [1.82, 2.24) is 0 Å². The Morgan fingerprint density at radius 1 is 1.12 bits per heavy atom. The minimum atomic E-state index is -0.205. The summed E-state index contributed by atoms with van der Waals surface area (Å²) < 4.78 is 13.1. The zero-order valence-electron chi connectivity index (χ0n) is 14.0. The molecule has 24 heavy (non-hydrogen) atoms. The molecule has 3 rings (SSSR count). The molecule has 1 saturated carbocycles. The van der Waals surface area contributed by atoms with E-state index in [1.54, 1.807) is 0 Å². The van der Waals surface area contributed by atoms with Crippen LogP contribution < -0.4 is 11.1 Å². The van der Waals surface area contributed by atoms with Gasteiger partial charge in [0.15, 0.2) is 5.96 Å². The number of rotatable bonds is 4. The first-order valence-electron chi connectivity index (χ1n) is 7.89. The molecule has 2 aromatic rings. The molecule has 2 aromatic carbocycles. The fraction of sp³-hybridized carbons (Fsp3) is 0.316. The summed E-state index contributed by atoms with van der Waals surface area (Å²) in [4.78, 5) is 4.49. The second kappa shape index (κ2) is 7.51. The first-order chi connectivity index (χ1) is 11.0. The number of anilines is 1. The van der Waals surface area contributed by atoms with E-state index >= 15 is 0 Å². The third-order valence-corrected chi connectivity index (χ3v) is 4.64. The predicted molar refractivity (Wildman–Crippen MR) is 109 cm³/mol. The van der Waals surface area contributed by atoms with Crippen LogP contribution in [-0.4, -0.2) is 12.5 Å². The van der Waals surface area contributed by atoms with E-state index in [0.29, 0.717) is 12.5 Å². The molecule has 0 heterocycles. The van der Waals surface area contributed by atoms with Crippen LogP contribution in [0.5, 0.6) is 0 Å². The van der Waals surface area contributed by atoms with E-state index < -0.39 is 0 Å². The SMILES string of the molecule is Cc1ccc(NC(N)=NCC2(c3ccc(F)cc3)CC2)cc1C.I. The lowest BCUT2D eigenvalue weighted by atomic mass is 9.96. The van der Waals surface area contributed by atoms with Gasteiger partial charge in [0.05, 0.1) is 6.54 Å². The molecule has 0 unspecified atom stereocenters. The summed E-state index contributed by atoms with van der Waals surface area (Å²) in [7, 11) is 0. The lowest BCUT2D eigenvalue weighted by Gasteiger charge is -2.14. The maximum absolute atomic E-state index is 13.1. The molecule has 0 atom stereocenters. The van der Waals surface area contributed by atoms with Gasteiger partial charge in [-0.1, -0.05) is 18.2 Å². The Morgan fingerprint density at radius 3 is 2.38 bits per heavy atom. The number of nitrogens with one attached hydrogen (secondary N) is 1. The molecule has 0 aliphatic heterocycles. The van der Waals surface area contributed by atoms with Crippen LogP contribution in [-0.2, 0) is 5.41 Å². The van der Waals surface area contributed by atoms with Crippen LogP contribution in [0.2, 0.25) is 0 Å². The van der Waals surface area contributed by atoms with Crippen LogP contribution >= 0.6 is 24.0 Å². The van der Waals surface area contributed by atoms with Gasteiger partial charge in [-0.05, 0) is 67.6 Å². The lowest BCUT2D eigenvalue weighted by Crippen LogP contribution is -2.25. The zero-order chi connectivity index (χ0) is 16.4. The smallest absolute Gasteiger partial charge is 0.193 e. The van der Waals surface area contributed by atoms with E-state index in [2.05, 4.69) is 36.3 Å². The Hall–Kier alpha value is -1.63. The fourth-order valence-electron chi connectivity index (χ4n) is 2.74. The Kier molecular flexibility index (Phi) is 5.85. The van der Waals surface area contributed by atoms with E-state index in [4.69, 9.17) is 5.73 Å². The highest BCUT2D eigenvalue weighted by atomic mass is 127. The molecule has 5 heteroatoms. The summed E-state index contributed by atoms with van der Waals surface area (Å²) in [6.07, 6.45) is 2.14. The molecule has 3 nitrogen and oxygen atoms in total. The maximum Gasteiger partial charge on any atom is 0.193 e. The molecule has 0 radical (unpaired) electrons. The fourth-order valence-corrected chi connectivity index (χ4v) is 2.74. The van der Waals surface area contributed by atoms with Gasteiger partial charge in [-0.15, -0.1) is 24.0 Å². The van der Waals surface area contributed by atoms with Gasteiger partial charge in [-0.3, -0.25) is 4.99 Å². The Morgan fingerprint density at radius 2 is 1.79 bits per heavy atom. The van der Waals surface area contributed by atoms with Crippen LogP contribution in [0.25, 0.3) is 0 Å². The summed E-state index contributed by atoms with van der Waals surface area (Å²) in [5, 5.41) is 3.14. The van der Waals surface area contributed by atoms with Gasteiger partial charge in [0.2, 0.25) is 0 Å². The highest BCUT2D eigenvalue weighted by molar-refractivity contribution is 14.0. The first kappa shape index (κ1) is 18.7. The number of nitrogens with zero attached hydrogens (tertiary/aromatic N) is 1. The average Bonchev–Trinajstić information content (AvgIpc) is 3.31. The number of guanidine groups is 1. The molecule has 128 valence electrons.